The molecule has 1 aliphatic heterocycles. The third-order valence-electron chi connectivity index (χ3n) is 2.26. The molecule has 6 heteroatoms. The summed E-state index contributed by atoms with van der Waals surface area (Å²) in [5.74, 6) is -1.84. The van der Waals surface area contributed by atoms with Crippen molar-refractivity contribution in [2.45, 2.75) is 32.0 Å². The summed E-state index contributed by atoms with van der Waals surface area (Å²) in [7, 11) is 0. The van der Waals surface area contributed by atoms with Crippen LogP contribution < -0.4 is 5.32 Å². The lowest BCUT2D eigenvalue weighted by Gasteiger charge is -2.12. The Morgan fingerprint density at radius 2 is 2.25 bits per heavy atom. The molecule has 0 aromatic rings. The highest BCUT2D eigenvalue weighted by Gasteiger charge is 2.36. The minimum absolute atomic E-state index is 0.0318. The number of hydrogen-bond donors (Lipinski definition) is 1. The van der Waals surface area contributed by atoms with Crippen LogP contribution in [-0.2, 0) is 9.53 Å². The largest absolute Gasteiger partial charge is 0.454 e. The van der Waals surface area contributed by atoms with E-state index in [4.69, 9.17) is 4.74 Å². The van der Waals surface area contributed by atoms with E-state index >= 15 is 0 Å². The summed E-state index contributed by atoms with van der Waals surface area (Å²) in [5, 5.41) is 2.74. The number of ether oxygens (including phenoxy) is 1. The van der Waals surface area contributed by atoms with Crippen LogP contribution in [0, 0.1) is 0 Å². The highest BCUT2D eigenvalue weighted by atomic mass is 19.4. The van der Waals surface area contributed by atoms with Crippen LogP contribution in [0.25, 0.3) is 0 Å². The number of hydrogen-bond acceptors (Lipinski definition) is 3. The van der Waals surface area contributed by atoms with Gasteiger partial charge in [0.25, 0.3) is 5.78 Å². The summed E-state index contributed by atoms with van der Waals surface area (Å²) >= 11 is 0. The van der Waals surface area contributed by atoms with Gasteiger partial charge in [-0.2, -0.15) is 13.2 Å². The van der Waals surface area contributed by atoms with Crippen LogP contribution in [0.15, 0.2) is 11.8 Å². The molecule has 0 aliphatic carbocycles. The Morgan fingerprint density at radius 3 is 2.75 bits per heavy atom. The minimum Gasteiger partial charge on any atom is -0.386 e. The molecule has 16 heavy (non-hydrogen) atoms. The number of ketones is 1. The fourth-order valence-corrected chi connectivity index (χ4v) is 1.41. The molecule has 1 fully saturated rings. The van der Waals surface area contributed by atoms with E-state index in [0.29, 0.717) is 19.2 Å². The van der Waals surface area contributed by atoms with Crippen LogP contribution >= 0.6 is 0 Å². The van der Waals surface area contributed by atoms with Gasteiger partial charge in [-0.15, -0.1) is 0 Å². The zero-order valence-corrected chi connectivity index (χ0v) is 8.93. The molecule has 1 saturated heterocycles. The predicted octanol–water partition coefficient (Wildman–Crippen LogP) is 1.79. The molecule has 0 amide bonds. The molecular weight excluding hydrogens is 223 g/mol. The second-order valence-corrected chi connectivity index (χ2v) is 3.71. The summed E-state index contributed by atoms with van der Waals surface area (Å²) in [5.41, 5.74) is 0.206. The zero-order chi connectivity index (χ0) is 12.2. The number of allylic oxidation sites excluding steroid dienone is 2. The van der Waals surface area contributed by atoms with E-state index in [9.17, 15) is 18.0 Å². The minimum atomic E-state index is -4.80. The van der Waals surface area contributed by atoms with Crippen molar-refractivity contribution in [1.29, 1.82) is 0 Å². The summed E-state index contributed by atoms with van der Waals surface area (Å²) < 4.78 is 41.0. The van der Waals surface area contributed by atoms with Crippen molar-refractivity contribution in [2.75, 3.05) is 13.2 Å². The van der Waals surface area contributed by atoms with Crippen molar-refractivity contribution in [3.8, 4) is 0 Å². The Balaban J connectivity index is 2.36. The molecule has 1 N–H and O–H groups in total. The Bertz CT molecular complexity index is 280. The normalized spacial score (nSPS) is 22.2. The molecule has 0 unspecified atom stereocenters. The van der Waals surface area contributed by atoms with Gasteiger partial charge in [-0.25, -0.2) is 0 Å². The fourth-order valence-electron chi connectivity index (χ4n) is 1.41. The number of carbonyl (C=O) groups is 1. The maximum absolute atomic E-state index is 11.9. The van der Waals surface area contributed by atoms with Crippen molar-refractivity contribution < 1.29 is 22.7 Å². The van der Waals surface area contributed by atoms with Crippen LogP contribution in [-0.4, -0.2) is 31.2 Å². The number of alkyl halides is 3. The Kier molecular flexibility index (Phi) is 4.35. The summed E-state index contributed by atoms with van der Waals surface area (Å²) in [6, 6.07) is 0. The van der Waals surface area contributed by atoms with Crippen LogP contribution in [0.2, 0.25) is 0 Å². The molecule has 1 rings (SSSR count). The van der Waals surface area contributed by atoms with E-state index in [0.717, 1.165) is 12.8 Å². The lowest BCUT2D eigenvalue weighted by molar-refractivity contribution is -0.165. The smallest absolute Gasteiger partial charge is 0.386 e. The first-order valence-electron chi connectivity index (χ1n) is 5.04. The highest BCUT2D eigenvalue weighted by molar-refractivity contribution is 5.94. The van der Waals surface area contributed by atoms with E-state index in [1.54, 1.807) is 0 Å². The lowest BCUT2D eigenvalue weighted by Crippen LogP contribution is -2.27. The summed E-state index contributed by atoms with van der Waals surface area (Å²) in [6.07, 6.45) is -2.34. The van der Waals surface area contributed by atoms with Crippen molar-refractivity contribution in [3.63, 3.8) is 0 Å². The summed E-state index contributed by atoms with van der Waals surface area (Å²) in [4.78, 5) is 10.6. The van der Waals surface area contributed by atoms with Gasteiger partial charge in [0.15, 0.2) is 0 Å². The van der Waals surface area contributed by atoms with Crippen LogP contribution in [0.5, 0.6) is 0 Å². The van der Waals surface area contributed by atoms with Crippen molar-refractivity contribution in [1.82, 2.24) is 5.32 Å². The van der Waals surface area contributed by atoms with Gasteiger partial charge in [0.2, 0.25) is 0 Å². The fraction of sp³-hybridized carbons (Fsp3) is 0.700. The van der Waals surface area contributed by atoms with E-state index < -0.39 is 12.0 Å². The van der Waals surface area contributed by atoms with E-state index in [1.165, 1.54) is 6.92 Å². The van der Waals surface area contributed by atoms with Gasteiger partial charge in [-0.3, -0.25) is 4.79 Å². The number of carbonyl (C=O) groups excluding carboxylic acids is 1. The molecule has 0 saturated carbocycles. The average Bonchev–Trinajstić information content (AvgIpc) is 2.65. The molecule has 0 aromatic heterocycles. The van der Waals surface area contributed by atoms with Gasteiger partial charge < -0.3 is 10.1 Å². The van der Waals surface area contributed by atoms with E-state index in [2.05, 4.69) is 5.32 Å². The first-order valence-corrected chi connectivity index (χ1v) is 5.04. The quantitative estimate of drug-likeness (QED) is 0.757. The highest BCUT2D eigenvalue weighted by Crippen LogP contribution is 2.17. The molecule has 0 bridgehead atoms. The maximum Gasteiger partial charge on any atom is 0.454 e. The Hall–Kier alpha value is -1.04. The zero-order valence-electron chi connectivity index (χ0n) is 8.93. The molecule has 1 aliphatic rings. The predicted molar refractivity (Wildman–Crippen MR) is 51.8 cm³/mol. The second-order valence-electron chi connectivity index (χ2n) is 3.71. The number of rotatable bonds is 4. The van der Waals surface area contributed by atoms with Gasteiger partial charge in [0.05, 0.1) is 6.10 Å². The SMILES string of the molecule is C/C(=C/C(=O)C(F)(F)F)NC[C@H]1CCCO1. The van der Waals surface area contributed by atoms with Crippen LogP contribution in [0.4, 0.5) is 13.2 Å². The standard InChI is InChI=1S/C10H14F3NO2/c1-7(5-9(15)10(11,12)13)14-6-8-3-2-4-16-8/h5,8,14H,2-4,6H2,1H3/b7-5-/t8-/m1/s1. The lowest BCUT2D eigenvalue weighted by atomic mass is 10.2. The topological polar surface area (TPSA) is 38.3 Å². The maximum atomic E-state index is 11.9. The Morgan fingerprint density at radius 1 is 1.56 bits per heavy atom. The first-order chi connectivity index (χ1) is 7.39. The van der Waals surface area contributed by atoms with E-state index in [1.807, 2.05) is 0 Å². The molecule has 0 spiro atoms. The third kappa shape index (κ3) is 4.22. The molecule has 92 valence electrons. The molecular formula is C10H14F3NO2. The van der Waals surface area contributed by atoms with Gasteiger partial charge in [-0.1, -0.05) is 0 Å². The van der Waals surface area contributed by atoms with E-state index in [-0.39, 0.29) is 11.8 Å². The molecule has 0 aromatic carbocycles. The molecule has 0 radical (unpaired) electrons. The molecule has 1 heterocycles. The van der Waals surface area contributed by atoms with Crippen LogP contribution in [0.3, 0.4) is 0 Å². The average molecular weight is 237 g/mol. The van der Waals surface area contributed by atoms with Gasteiger partial charge >= 0.3 is 6.18 Å². The van der Waals surface area contributed by atoms with Gasteiger partial charge in [-0.05, 0) is 19.8 Å². The van der Waals surface area contributed by atoms with Crippen molar-refractivity contribution in [2.24, 2.45) is 0 Å². The van der Waals surface area contributed by atoms with Crippen LogP contribution in [0.1, 0.15) is 19.8 Å². The monoisotopic (exact) mass is 237 g/mol. The van der Waals surface area contributed by atoms with Gasteiger partial charge in [0, 0.05) is 24.9 Å². The van der Waals surface area contributed by atoms with Crippen molar-refractivity contribution in [3.05, 3.63) is 11.8 Å². The number of nitrogens with one attached hydrogen (secondary N) is 1. The summed E-state index contributed by atoms with van der Waals surface area (Å²) in [6.45, 7) is 2.56. The second kappa shape index (κ2) is 5.34. The first kappa shape index (κ1) is 13.0. The Labute approximate surface area is 91.6 Å². The van der Waals surface area contributed by atoms with Gasteiger partial charge in [0.1, 0.15) is 0 Å². The molecule has 1 atom stereocenters. The van der Waals surface area contributed by atoms with Crippen molar-refractivity contribution >= 4 is 5.78 Å². The number of halogens is 3. The third-order valence-corrected chi connectivity index (χ3v) is 2.26. The molecule has 3 nitrogen and oxygen atoms in total.